The number of nitrogens with one attached hydrogen (secondary N) is 1. The molecule has 0 spiro atoms. The molecule has 160 valence electrons. The molecule has 29 heavy (non-hydrogen) atoms. The van der Waals surface area contributed by atoms with E-state index >= 15 is 0 Å². The molecule has 2 aliphatic rings. The van der Waals surface area contributed by atoms with Crippen molar-refractivity contribution < 1.29 is 24.2 Å². The summed E-state index contributed by atoms with van der Waals surface area (Å²) < 4.78 is 10.5. The van der Waals surface area contributed by atoms with Gasteiger partial charge in [0.2, 0.25) is 0 Å². The Morgan fingerprint density at radius 3 is 2.34 bits per heavy atom. The number of carboxylic acid groups (broad SMARTS) is 1. The minimum absolute atomic E-state index is 0.136. The van der Waals surface area contributed by atoms with E-state index in [4.69, 9.17) is 9.47 Å². The van der Waals surface area contributed by atoms with E-state index in [9.17, 15) is 14.7 Å². The number of likely N-dealkylation sites (tertiary alicyclic amines) is 2. The van der Waals surface area contributed by atoms with Gasteiger partial charge in [-0.05, 0) is 43.4 Å². The van der Waals surface area contributed by atoms with Crippen LogP contribution in [-0.2, 0) is 20.7 Å². The highest BCUT2D eigenvalue weighted by Crippen LogP contribution is 2.23. The van der Waals surface area contributed by atoms with Crippen molar-refractivity contribution in [3.05, 3.63) is 29.8 Å². The Balaban J connectivity index is 1.47. The van der Waals surface area contributed by atoms with Gasteiger partial charge >= 0.3 is 12.0 Å². The molecular formula is C21H31N3O5. The monoisotopic (exact) mass is 405 g/mol. The standard InChI is InChI=1S/C21H31N3O5/c1-28-19(29-2)14-15-5-7-16(8-6-15)22-17-9-12-23(13-10-17)21(27)24-11-3-4-18(24)20(25)26/h5-8,17-19,22H,3-4,9-14H2,1-2H3,(H,25,26)/t18-/m0/s1. The molecule has 0 bridgehead atoms. The minimum atomic E-state index is -0.904. The second-order valence-corrected chi connectivity index (χ2v) is 7.68. The molecular weight excluding hydrogens is 374 g/mol. The van der Waals surface area contributed by atoms with Crippen molar-refractivity contribution in [2.24, 2.45) is 0 Å². The van der Waals surface area contributed by atoms with Gasteiger partial charge < -0.3 is 29.7 Å². The van der Waals surface area contributed by atoms with Crippen LogP contribution in [-0.4, -0.2) is 79.1 Å². The van der Waals surface area contributed by atoms with Gasteiger partial charge in [0.05, 0.1) is 0 Å². The molecule has 2 heterocycles. The Morgan fingerprint density at radius 1 is 1.10 bits per heavy atom. The lowest BCUT2D eigenvalue weighted by molar-refractivity contribution is -0.141. The van der Waals surface area contributed by atoms with Crippen molar-refractivity contribution >= 4 is 17.7 Å². The molecule has 8 nitrogen and oxygen atoms in total. The van der Waals surface area contributed by atoms with Gasteiger partial charge in [-0.25, -0.2) is 9.59 Å². The molecule has 0 radical (unpaired) electrons. The molecule has 2 saturated heterocycles. The number of piperidine rings is 1. The fourth-order valence-electron chi connectivity index (χ4n) is 4.08. The third kappa shape index (κ3) is 5.39. The summed E-state index contributed by atoms with van der Waals surface area (Å²) in [5.74, 6) is -0.904. The van der Waals surface area contributed by atoms with Crippen molar-refractivity contribution in [2.75, 3.05) is 39.2 Å². The second-order valence-electron chi connectivity index (χ2n) is 7.68. The number of methoxy groups -OCH3 is 2. The van der Waals surface area contributed by atoms with E-state index in [1.807, 2.05) is 0 Å². The Bertz CT molecular complexity index is 684. The first-order chi connectivity index (χ1) is 14.0. The molecule has 2 amide bonds. The maximum atomic E-state index is 12.7. The van der Waals surface area contributed by atoms with E-state index in [-0.39, 0.29) is 12.3 Å². The molecule has 2 fully saturated rings. The van der Waals surface area contributed by atoms with Crippen molar-refractivity contribution in [3.8, 4) is 0 Å². The summed E-state index contributed by atoms with van der Waals surface area (Å²) >= 11 is 0. The van der Waals surface area contributed by atoms with E-state index in [0.717, 1.165) is 30.5 Å². The van der Waals surface area contributed by atoms with E-state index in [2.05, 4.69) is 29.6 Å². The summed E-state index contributed by atoms with van der Waals surface area (Å²) in [5, 5.41) is 12.8. The third-order valence-electron chi connectivity index (χ3n) is 5.80. The summed E-state index contributed by atoms with van der Waals surface area (Å²) in [6.45, 7) is 1.81. The molecule has 2 aliphatic heterocycles. The highest BCUT2D eigenvalue weighted by atomic mass is 16.7. The topological polar surface area (TPSA) is 91.3 Å². The van der Waals surface area contributed by atoms with Crippen LogP contribution in [0.4, 0.5) is 10.5 Å². The predicted octanol–water partition coefficient (Wildman–Crippen LogP) is 2.39. The number of carbonyl (C=O) groups is 2. The van der Waals surface area contributed by atoms with E-state index < -0.39 is 12.0 Å². The number of carbonyl (C=O) groups excluding carboxylic acids is 1. The fraction of sp³-hybridized carbons (Fsp3) is 0.619. The number of hydrogen-bond donors (Lipinski definition) is 2. The van der Waals surface area contributed by atoms with Crippen molar-refractivity contribution in [2.45, 2.75) is 50.5 Å². The molecule has 3 rings (SSSR count). The van der Waals surface area contributed by atoms with Crippen LogP contribution in [0.15, 0.2) is 24.3 Å². The predicted molar refractivity (Wildman–Crippen MR) is 109 cm³/mol. The quantitative estimate of drug-likeness (QED) is 0.677. The Hall–Kier alpha value is -2.32. The molecule has 1 atom stereocenters. The molecule has 0 aliphatic carbocycles. The van der Waals surface area contributed by atoms with Crippen LogP contribution in [0.1, 0.15) is 31.2 Å². The van der Waals surface area contributed by atoms with Crippen molar-refractivity contribution in [1.82, 2.24) is 9.80 Å². The highest BCUT2D eigenvalue weighted by molar-refractivity contribution is 5.83. The van der Waals surface area contributed by atoms with Crippen LogP contribution < -0.4 is 5.32 Å². The molecule has 0 unspecified atom stereocenters. The lowest BCUT2D eigenvalue weighted by Gasteiger charge is -2.36. The van der Waals surface area contributed by atoms with Crippen LogP contribution in [0.5, 0.6) is 0 Å². The number of carboxylic acids is 1. The summed E-state index contributed by atoms with van der Waals surface area (Å²) in [6.07, 6.45) is 3.44. The maximum Gasteiger partial charge on any atom is 0.326 e. The van der Waals surface area contributed by atoms with Gasteiger partial charge in [-0.3, -0.25) is 0 Å². The number of rotatable bonds is 7. The van der Waals surface area contributed by atoms with Gasteiger partial charge in [0.25, 0.3) is 0 Å². The average Bonchev–Trinajstić information content (AvgIpc) is 3.23. The summed E-state index contributed by atoms with van der Waals surface area (Å²) in [4.78, 5) is 27.3. The first-order valence-electron chi connectivity index (χ1n) is 10.2. The molecule has 1 aromatic rings. The number of nitrogens with zero attached hydrogens (tertiary/aromatic N) is 2. The zero-order valence-electron chi connectivity index (χ0n) is 17.2. The van der Waals surface area contributed by atoms with Gasteiger partial charge in [-0.2, -0.15) is 0 Å². The van der Waals surface area contributed by atoms with E-state index in [1.54, 1.807) is 19.1 Å². The maximum absolute atomic E-state index is 12.7. The van der Waals surface area contributed by atoms with Crippen LogP contribution in [0.3, 0.4) is 0 Å². The number of urea groups is 1. The van der Waals surface area contributed by atoms with Gasteiger partial charge in [-0.1, -0.05) is 12.1 Å². The van der Waals surface area contributed by atoms with E-state index in [1.165, 1.54) is 4.90 Å². The number of amides is 2. The lowest BCUT2D eigenvalue weighted by atomic mass is 10.0. The second kappa shape index (κ2) is 9.93. The summed E-state index contributed by atoms with van der Waals surface area (Å²) in [5.41, 5.74) is 2.19. The number of ether oxygens (including phenoxy) is 2. The van der Waals surface area contributed by atoms with Crippen LogP contribution in [0.2, 0.25) is 0 Å². The summed E-state index contributed by atoms with van der Waals surface area (Å²) in [6, 6.07) is 7.71. The number of hydrogen-bond acceptors (Lipinski definition) is 5. The fourth-order valence-corrected chi connectivity index (χ4v) is 4.08. The first kappa shape index (κ1) is 21.4. The number of anilines is 1. The smallest absolute Gasteiger partial charge is 0.326 e. The van der Waals surface area contributed by atoms with Crippen molar-refractivity contribution in [3.63, 3.8) is 0 Å². The largest absolute Gasteiger partial charge is 0.480 e. The summed E-state index contributed by atoms with van der Waals surface area (Å²) in [7, 11) is 3.26. The van der Waals surface area contributed by atoms with Gasteiger partial charge in [0.15, 0.2) is 6.29 Å². The number of benzene rings is 1. The molecule has 0 aromatic heterocycles. The Kier molecular flexibility index (Phi) is 7.33. The zero-order valence-corrected chi connectivity index (χ0v) is 17.2. The first-order valence-corrected chi connectivity index (χ1v) is 10.2. The van der Waals surface area contributed by atoms with Gasteiger partial charge in [-0.15, -0.1) is 0 Å². The zero-order chi connectivity index (χ0) is 20.8. The molecule has 1 aromatic carbocycles. The molecule has 0 saturated carbocycles. The highest BCUT2D eigenvalue weighted by Gasteiger charge is 2.37. The van der Waals surface area contributed by atoms with Crippen molar-refractivity contribution in [1.29, 1.82) is 0 Å². The minimum Gasteiger partial charge on any atom is -0.480 e. The Morgan fingerprint density at radius 2 is 1.76 bits per heavy atom. The lowest BCUT2D eigenvalue weighted by Crippen LogP contribution is -2.51. The number of aliphatic carboxylic acids is 1. The normalized spacial score (nSPS) is 20.3. The van der Waals surface area contributed by atoms with Gasteiger partial charge in [0, 0.05) is 52.0 Å². The average molecular weight is 405 g/mol. The van der Waals surface area contributed by atoms with Crippen LogP contribution >= 0.6 is 0 Å². The molecule has 8 heteroatoms. The third-order valence-corrected chi connectivity index (χ3v) is 5.80. The van der Waals surface area contributed by atoms with Gasteiger partial charge in [0.1, 0.15) is 6.04 Å². The van der Waals surface area contributed by atoms with Crippen LogP contribution in [0, 0.1) is 0 Å². The molecule has 2 N–H and O–H groups in total. The van der Waals surface area contributed by atoms with E-state index in [0.29, 0.717) is 38.5 Å². The van der Waals surface area contributed by atoms with Crippen LogP contribution in [0.25, 0.3) is 0 Å². The Labute approximate surface area is 171 Å². The SMILES string of the molecule is COC(Cc1ccc(NC2CCN(C(=O)N3CCC[C@H]3C(=O)O)CC2)cc1)OC.